The van der Waals surface area contributed by atoms with Crippen molar-refractivity contribution in [2.24, 2.45) is 29.4 Å². The van der Waals surface area contributed by atoms with Gasteiger partial charge in [0.15, 0.2) is 0 Å². The smallest absolute Gasteiger partial charge is 0.243 e. The van der Waals surface area contributed by atoms with Crippen molar-refractivity contribution in [1.29, 1.82) is 0 Å². The van der Waals surface area contributed by atoms with Crippen molar-refractivity contribution in [2.75, 3.05) is 0 Å². The molecule has 0 radical (unpaired) electrons. The lowest BCUT2D eigenvalue weighted by Gasteiger charge is -2.34. The van der Waals surface area contributed by atoms with Gasteiger partial charge in [0, 0.05) is 12.2 Å². The van der Waals surface area contributed by atoms with Gasteiger partial charge in [-0.15, -0.1) is 0 Å². The van der Waals surface area contributed by atoms with Crippen molar-refractivity contribution in [3.8, 4) is 0 Å². The van der Waals surface area contributed by atoms with Gasteiger partial charge in [-0.3, -0.25) is 14.6 Å². The monoisotopic (exact) mass is 490 g/mol. The molecule has 0 unspecified atom stereocenters. The van der Waals surface area contributed by atoms with Gasteiger partial charge in [0.2, 0.25) is 11.8 Å². The van der Waals surface area contributed by atoms with Crippen LogP contribution in [-0.2, 0) is 16.1 Å². The summed E-state index contributed by atoms with van der Waals surface area (Å²) in [5, 5.41) is 27.6. The molecule has 6 N–H and O–H groups in total. The average molecular weight is 491 g/mol. The second-order valence-corrected chi connectivity index (χ2v) is 10.6. The maximum atomic E-state index is 13.3. The van der Waals surface area contributed by atoms with Crippen molar-refractivity contribution in [3.63, 3.8) is 0 Å². The number of pyridine rings is 1. The Morgan fingerprint density at radius 2 is 1.77 bits per heavy atom. The van der Waals surface area contributed by atoms with Gasteiger partial charge in [0.05, 0.1) is 30.4 Å². The zero-order valence-electron chi connectivity index (χ0n) is 21.8. The minimum atomic E-state index is -1.32. The highest BCUT2D eigenvalue weighted by molar-refractivity contribution is 5.89. The molecule has 8 nitrogen and oxygen atoms in total. The number of aliphatic hydroxyl groups excluding tert-OH is 2. The standard InChI is InChI=1S/C27H46N4O4/c1-5-18(4)23(27(35)30-16-20-13-9-10-14-29-20)31-26(34)22(17(2)3)25(33)24(32)21(28)15-19-11-7-6-8-12-19/h9-10,13-14,17-19,21-25,32-33H,5-8,11-12,15-16,28H2,1-4H3,(H,30,35)(H,31,34)/t18-,21-,22+,23-,24+,25+/m0/s1. The first-order valence-electron chi connectivity index (χ1n) is 13.2. The SMILES string of the molecule is CC[C@H](C)[C@H](NC(=O)[C@H](C(C)C)[C@@H](O)[C@H](O)[C@@H](N)CC1CCCCC1)C(=O)NCc1ccccn1. The average Bonchev–Trinajstić information content (AvgIpc) is 2.85. The van der Waals surface area contributed by atoms with Crippen LogP contribution in [0.3, 0.4) is 0 Å². The van der Waals surface area contributed by atoms with Gasteiger partial charge in [0.25, 0.3) is 0 Å². The number of nitrogens with two attached hydrogens (primary N) is 1. The van der Waals surface area contributed by atoms with E-state index < -0.39 is 36.1 Å². The predicted molar refractivity (Wildman–Crippen MR) is 137 cm³/mol. The molecule has 6 atom stereocenters. The van der Waals surface area contributed by atoms with E-state index in [-0.39, 0.29) is 24.3 Å². The number of aliphatic hydroxyl groups is 2. The number of nitrogens with one attached hydrogen (secondary N) is 2. The Hall–Kier alpha value is -2.03. The highest BCUT2D eigenvalue weighted by atomic mass is 16.3. The van der Waals surface area contributed by atoms with Gasteiger partial charge in [0.1, 0.15) is 6.04 Å². The Balaban J connectivity index is 2.05. The van der Waals surface area contributed by atoms with Crippen LogP contribution in [0.4, 0.5) is 0 Å². The van der Waals surface area contributed by atoms with Gasteiger partial charge in [-0.1, -0.05) is 72.3 Å². The fourth-order valence-corrected chi connectivity index (χ4v) is 5.01. The van der Waals surface area contributed by atoms with E-state index in [1.165, 1.54) is 19.3 Å². The zero-order valence-corrected chi connectivity index (χ0v) is 21.8. The highest BCUT2D eigenvalue weighted by Gasteiger charge is 2.39. The lowest BCUT2D eigenvalue weighted by atomic mass is 9.80. The van der Waals surface area contributed by atoms with Crippen LogP contribution in [0.25, 0.3) is 0 Å². The van der Waals surface area contributed by atoms with Gasteiger partial charge >= 0.3 is 0 Å². The van der Waals surface area contributed by atoms with Crippen molar-refractivity contribution in [1.82, 2.24) is 15.6 Å². The summed E-state index contributed by atoms with van der Waals surface area (Å²) in [6, 6.07) is 4.11. The molecule has 0 spiro atoms. The summed E-state index contributed by atoms with van der Waals surface area (Å²) in [7, 11) is 0. The summed E-state index contributed by atoms with van der Waals surface area (Å²) in [5.74, 6) is -1.57. The molecule has 1 aromatic heterocycles. The van der Waals surface area contributed by atoms with Gasteiger partial charge in [-0.25, -0.2) is 0 Å². The van der Waals surface area contributed by atoms with Crippen LogP contribution in [0.5, 0.6) is 0 Å². The van der Waals surface area contributed by atoms with Crippen LogP contribution in [0.2, 0.25) is 0 Å². The molecule has 0 aromatic carbocycles. The number of aromatic nitrogens is 1. The van der Waals surface area contributed by atoms with E-state index in [1.54, 1.807) is 12.3 Å². The molecule has 0 aliphatic heterocycles. The van der Waals surface area contributed by atoms with E-state index in [0.717, 1.165) is 18.5 Å². The first kappa shape index (κ1) is 29.2. The molecule has 2 rings (SSSR count). The second-order valence-electron chi connectivity index (χ2n) is 10.6. The first-order chi connectivity index (χ1) is 16.6. The van der Waals surface area contributed by atoms with Crippen LogP contribution < -0.4 is 16.4 Å². The number of nitrogens with zero attached hydrogens (tertiary/aromatic N) is 1. The summed E-state index contributed by atoms with van der Waals surface area (Å²) in [6.07, 6.45) is 6.22. The van der Waals surface area contributed by atoms with Gasteiger partial charge < -0.3 is 26.6 Å². The van der Waals surface area contributed by atoms with Crippen molar-refractivity contribution in [3.05, 3.63) is 30.1 Å². The Bertz CT molecular complexity index is 770. The molecule has 1 aliphatic rings. The summed E-state index contributed by atoms with van der Waals surface area (Å²) in [5.41, 5.74) is 7.01. The number of hydrogen-bond donors (Lipinski definition) is 5. The third kappa shape index (κ3) is 8.85. The largest absolute Gasteiger partial charge is 0.390 e. The van der Waals surface area contributed by atoms with Crippen LogP contribution >= 0.6 is 0 Å². The molecule has 0 saturated heterocycles. The normalized spacial score (nSPS) is 19.9. The van der Waals surface area contributed by atoms with E-state index in [9.17, 15) is 19.8 Å². The van der Waals surface area contributed by atoms with E-state index in [0.29, 0.717) is 18.8 Å². The molecule has 1 aliphatic carbocycles. The molecule has 35 heavy (non-hydrogen) atoms. The number of carbonyl (C=O) groups is 2. The Morgan fingerprint density at radius 3 is 2.34 bits per heavy atom. The summed E-state index contributed by atoms with van der Waals surface area (Å²) < 4.78 is 0. The lowest BCUT2D eigenvalue weighted by Crippen LogP contribution is -2.56. The number of rotatable bonds is 13. The molecule has 1 heterocycles. The molecule has 2 amide bonds. The van der Waals surface area contributed by atoms with E-state index >= 15 is 0 Å². The maximum Gasteiger partial charge on any atom is 0.243 e. The molecule has 1 saturated carbocycles. The van der Waals surface area contributed by atoms with Crippen LogP contribution in [0.1, 0.15) is 78.3 Å². The highest BCUT2D eigenvalue weighted by Crippen LogP contribution is 2.29. The van der Waals surface area contributed by atoms with Crippen molar-refractivity contribution >= 4 is 11.8 Å². The minimum absolute atomic E-state index is 0.119. The fourth-order valence-electron chi connectivity index (χ4n) is 5.01. The zero-order chi connectivity index (χ0) is 26.0. The predicted octanol–water partition coefficient (Wildman–Crippen LogP) is 2.52. The van der Waals surface area contributed by atoms with Crippen LogP contribution in [-0.4, -0.2) is 51.3 Å². The van der Waals surface area contributed by atoms with E-state index in [2.05, 4.69) is 15.6 Å². The fraction of sp³-hybridized carbons (Fsp3) is 0.741. The Kier molecular flexibility index (Phi) is 12.1. The number of hydrogen-bond acceptors (Lipinski definition) is 6. The maximum absolute atomic E-state index is 13.3. The molecule has 8 heteroatoms. The molecule has 1 fully saturated rings. The Labute approximate surface area is 210 Å². The van der Waals surface area contributed by atoms with Gasteiger partial charge in [-0.05, 0) is 36.3 Å². The molecule has 1 aromatic rings. The quantitative estimate of drug-likeness (QED) is 0.288. The first-order valence-corrected chi connectivity index (χ1v) is 13.2. The van der Waals surface area contributed by atoms with E-state index in [1.807, 2.05) is 39.8 Å². The van der Waals surface area contributed by atoms with Crippen LogP contribution in [0, 0.1) is 23.7 Å². The summed E-state index contributed by atoms with van der Waals surface area (Å²) >= 11 is 0. The lowest BCUT2D eigenvalue weighted by molar-refractivity contribution is -0.139. The van der Waals surface area contributed by atoms with Crippen LogP contribution in [0.15, 0.2) is 24.4 Å². The molecule has 198 valence electrons. The van der Waals surface area contributed by atoms with Crippen molar-refractivity contribution in [2.45, 2.75) is 103 Å². The second kappa shape index (κ2) is 14.5. The summed E-state index contributed by atoms with van der Waals surface area (Å²) in [4.78, 5) is 30.5. The number of amides is 2. The molecular weight excluding hydrogens is 444 g/mol. The summed E-state index contributed by atoms with van der Waals surface area (Å²) in [6.45, 7) is 7.77. The number of carbonyl (C=O) groups excluding carboxylic acids is 2. The topological polar surface area (TPSA) is 138 Å². The van der Waals surface area contributed by atoms with Crippen molar-refractivity contribution < 1.29 is 19.8 Å². The molecule has 0 bridgehead atoms. The van der Waals surface area contributed by atoms with E-state index in [4.69, 9.17) is 5.73 Å². The third-order valence-electron chi connectivity index (χ3n) is 7.47. The third-order valence-corrected chi connectivity index (χ3v) is 7.47. The molecular formula is C27H46N4O4. The Morgan fingerprint density at radius 1 is 1.09 bits per heavy atom. The van der Waals surface area contributed by atoms with Gasteiger partial charge in [-0.2, -0.15) is 0 Å². The minimum Gasteiger partial charge on any atom is -0.390 e.